The molecule has 0 aliphatic carbocycles. The van der Waals surface area contributed by atoms with Crippen molar-refractivity contribution in [3.05, 3.63) is 12.4 Å². The van der Waals surface area contributed by atoms with E-state index in [4.69, 9.17) is 11.5 Å². The number of nitrogens with zero attached hydrogens (tertiary/aromatic N) is 2. The molecule has 0 fully saturated rings. The maximum Gasteiger partial charge on any atom is 0.127 e. The highest BCUT2D eigenvalue weighted by Crippen LogP contribution is 2.01. The van der Waals surface area contributed by atoms with Gasteiger partial charge in [-0.15, -0.1) is 0 Å². The molecule has 0 bridgehead atoms. The van der Waals surface area contributed by atoms with Crippen molar-refractivity contribution in [3.63, 3.8) is 0 Å². The quantitative estimate of drug-likeness (QED) is 0.463. The molecule has 0 saturated heterocycles. The Morgan fingerprint density at radius 3 is 2.80 bits per heavy atom. The molecule has 56 valence electrons. The standard InChI is InChI=1S/C5H11N5/c1-10-3-4(2-8-10)9-5(6)7/h2-3,5,9H,6-7H2,1H3. The summed E-state index contributed by atoms with van der Waals surface area (Å²) >= 11 is 0. The van der Waals surface area contributed by atoms with E-state index < -0.39 is 6.29 Å². The zero-order chi connectivity index (χ0) is 7.56. The monoisotopic (exact) mass is 141 g/mol. The zero-order valence-corrected chi connectivity index (χ0v) is 5.78. The Labute approximate surface area is 59.0 Å². The highest BCUT2D eigenvalue weighted by molar-refractivity contribution is 5.38. The van der Waals surface area contributed by atoms with Crippen LogP contribution in [0.15, 0.2) is 12.4 Å². The summed E-state index contributed by atoms with van der Waals surface area (Å²) in [5.74, 6) is 0. The molecule has 0 amide bonds. The van der Waals surface area contributed by atoms with Crippen LogP contribution >= 0.6 is 0 Å². The summed E-state index contributed by atoms with van der Waals surface area (Å²) < 4.78 is 1.67. The summed E-state index contributed by atoms with van der Waals surface area (Å²) in [4.78, 5) is 0. The molecule has 1 aromatic rings. The van der Waals surface area contributed by atoms with Crippen molar-refractivity contribution in [1.29, 1.82) is 0 Å². The smallest absolute Gasteiger partial charge is 0.127 e. The Bertz CT molecular complexity index is 204. The van der Waals surface area contributed by atoms with E-state index in [1.807, 2.05) is 7.05 Å². The van der Waals surface area contributed by atoms with Crippen LogP contribution in [-0.2, 0) is 7.05 Å². The molecule has 0 atom stereocenters. The second-order valence-electron chi connectivity index (χ2n) is 2.07. The minimum Gasteiger partial charge on any atom is -0.355 e. The van der Waals surface area contributed by atoms with Gasteiger partial charge in [0, 0.05) is 13.2 Å². The lowest BCUT2D eigenvalue weighted by molar-refractivity contribution is 0.767. The number of nitrogens with one attached hydrogen (secondary N) is 1. The topological polar surface area (TPSA) is 81.9 Å². The molecule has 5 heteroatoms. The first-order chi connectivity index (χ1) is 4.68. The molecule has 1 heterocycles. The van der Waals surface area contributed by atoms with Gasteiger partial charge in [0.05, 0.1) is 11.9 Å². The van der Waals surface area contributed by atoms with Gasteiger partial charge in [0.15, 0.2) is 0 Å². The van der Waals surface area contributed by atoms with E-state index in [0.717, 1.165) is 5.69 Å². The zero-order valence-electron chi connectivity index (χ0n) is 5.78. The van der Waals surface area contributed by atoms with E-state index in [0.29, 0.717) is 0 Å². The third kappa shape index (κ3) is 1.71. The first kappa shape index (κ1) is 7.04. The third-order valence-corrected chi connectivity index (χ3v) is 1.04. The second-order valence-corrected chi connectivity index (χ2v) is 2.07. The van der Waals surface area contributed by atoms with Crippen LogP contribution in [0.4, 0.5) is 5.69 Å². The van der Waals surface area contributed by atoms with Gasteiger partial charge in [-0.3, -0.25) is 16.1 Å². The first-order valence-electron chi connectivity index (χ1n) is 2.95. The molecular formula is C5H11N5. The van der Waals surface area contributed by atoms with Crippen LogP contribution in [0, 0.1) is 0 Å². The third-order valence-electron chi connectivity index (χ3n) is 1.04. The molecule has 5 N–H and O–H groups in total. The Morgan fingerprint density at radius 1 is 1.70 bits per heavy atom. The lowest BCUT2D eigenvalue weighted by Crippen LogP contribution is -2.38. The Balaban J connectivity index is 2.58. The van der Waals surface area contributed by atoms with E-state index in [1.54, 1.807) is 17.1 Å². The number of rotatable bonds is 2. The fourth-order valence-corrected chi connectivity index (χ4v) is 0.688. The predicted molar refractivity (Wildman–Crippen MR) is 39.0 cm³/mol. The Hall–Kier alpha value is -1.07. The summed E-state index contributed by atoms with van der Waals surface area (Å²) in [5, 5.41) is 6.71. The molecule has 0 spiro atoms. The molecule has 0 aliphatic rings. The molecule has 0 unspecified atom stereocenters. The molecule has 0 aromatic carbocycles. The van der Waals surface area contributed by atoms with E-state index in [2.05, 4.69) is 10.4 Å². The molecule has 10 heavy (non-hydrogen) atoms. The number of nitrogens with two attached hydrogens (primary N) is 2. The second kappa shape index (κ2) is 2.68. The van der Waals surface area contributed by atoms with Gasteiger partial charge in [-0.1, -0.05) is 0 Å². The van der Waals surface area contributed by atoms with Crippen molar-refractivity contribution in [2.45, 2.75) is 6.29 Å². The van der Waals surface area contributed by atoms with E-state index in [9.17, 15) is 0 Å². The Morgan fingerprint density at radius 2 is 2.40 bits per heavy atom. The summed E-state index contributed by atoms with van der Waals surface area (Å²) in [6.45, 7) is 0. The SMILES string of the molecule is Cn1cc(NC(N)N)cn1. The molecule has 1 aromatic heterocycles. The molecular weight excluding hydrogens is 130 g/mol. The van der Waals surface area contributed by atoms with Gasteiger partial charge in [-0.25, -0.2) is 0 Å². The van der Waals surface area contributed by atoms with E-state index >= 15 is 0 Å². The van der Waals surface area contributed by atoms with Crippen molar-refractivity contribution in [3.8, 4) is 0 Å². The summed E-state index contributed by atoms with van der Waals surface area (Å²) in [7, 11) is 1.83. The number of hydrogen-bond acceptors (Lipinski definition) is 4. The van der Waals surface area contributed by atoms with E-state index in [-0.39, 0.29) is 0 Å². The summed E-state index contributed by atoms with van der Waals surface area (Å²) in [6, 6.07) is 0. The first-order valence-corrected chi connectivity index (χ1v) is 2.95. The Kier molecular flexibility index (Phi) is 1.88. The van der Waals surface area contributed by atoms with E-state index in [1.165, 1.54) is 0 Å². The maximum atomic E-state index is 5.26. The minimum atomic E-state index is -0.524. The molecule has 0 saturated carbocycles. The average molecular weight is 141 g/mol. The predicted octanol–water partition coefficient (Wildman–Crippen LogP) is -0.967. The fourth-order valence-electron chi connectivity index (χ4n) is 0.688. The molecule has 1 rings (SSSR count). The van der Waals surface area contributed by atoms with Crippen molar-refractivity contribution in [1.82, 2.24) is 9.78 Å². The largest absolute Gasteiger partial charge is 0.355 e. The summed E-state index contributed by atoms with van der Waals surface area (Å²) in [5.41, 5.74) is 11.4. The normalized spacial score (nSPS) is 10.4. The van der Waals surface area contributed by atoms with Crippen LogP contribution in [0.1, 0.15) is 0 Å². The number of hydrogen-bond donors (Lipinski definition) is 3. The van der Waals surface area contributed by atoms with Crippen LogP contribution in [-0.4, -0.2) is 16.1 Å². The van der Waals surface area contributed by atoms with Gasteiger partial charge in [0.1, 0.15) is 6.29 Å². The van der Waals surface area contributed by atoms with Gasteiger partial charge >= 0.3 is 0 Å². The highest BCUT2D eigenvalue weighted by Gasteiger charge is 1.95. The van der Waals surface area contributed by atoms with Gasteiger partial charge < -0.3 is 5.32 Å². The summed E-state index contributed by atoms with van der Waals surface area (Å²) in [6.07, 6.45) is 2.93. The van der Waals surface area contributed by atoms with Gasteiger partial charge in [0.2, 0.25) is 0 Å². The molecule has 0 radical (unpaired) electrons. The van der Waals surface area contributed by atoms with Crippen molar-refractivity contribution in [2.75, 3.05) is 5.32 Å². The average Bonchev–Trinajstić information content (AvgIpc) is 2.13. The van der Waals surface area contributed by atoms with Crippen molar-refractivity contribution in [2.24, 2.45) is 18.5 Å². The van der Waals surface area contributed by atoms with Gasteiger partial charge in [-0.2, -0.15) is 5.10 Å². The minimum absolute atomic E-state index is 0.524. The van der Waals surface area contributed by atoms with Gasteiger partial charge in [-0.05, 0) is 0 Å². The lowest BCUT2D eigenvalue weighted by atomic mass is 10.5. The van der Waals surface area contributed by atoms with Crippen LogP contribution < -0.4 is 16.8 Å². The van der Waals surface area contributed by atoms with Crippen LogP contribution in [0.2, 0.25) is 0 Å². The van der Waals surface area contributed by atoms with Gasteiger partial charge in [0.25, 0.3) is 0 Å². The number of aryl methyl sites for hydroxylation is 1. The van der Waals surface area contributed by atoms with Crippen LogP contribution in [0.5, 0.6) is 0 Å². The van der Waals surface area contributed by atoms with Crippen molar-refractivity contribution < 1.29 is 0 Å². The number of aromatic nitrogens is 2. The number of anilines is 1. The molecule has 0 aliphatic heterocycles. The van der Waals surface area contributed by atoms with Crippen molar-refractivity contribution >= 4 is 5.69 Å². The van der Waals surface area contributed by atoms with Crippen LogP contribution in [0.3, 0.4) is 0 Å². The lowest BCUT2D eigenvalue weighted by Gasteiger charge is -2.05. The fraction of sp³-hybridized carbons (Fsp3) is 0.400. The maximum absolute atomic E-state index is 5.26. The highest BCUT2D eigenvalue weighted by atomic mass is 15.3. The molecule has 5 nitrogen and oxygen atoms in total. The van der Waals surface area contributed by atoms with Crippen LogP contribution in [0.25, 0.3) is 0 Å².